The lowest BCUT2D eigenvalue weighted by Gasteiger charge is -2.11. The van der Waals surface area contributed by atoms with E-state index in [0.29, 0.717) is 24.5 Å². The highest BCUT2D eigenvalue weighted by molar-refractivity contribution is 5.89. The third-order valence-corrected chi connectivity index (χ3v) is 4.38. The molecule has 3 rings (SSSR count). The van der Waals surface area contributed by atoms with Crippen molar-refractivity contribution in [3.63, 3.8) is 0 Å². The number of hydrogen-bond donors (Lipinski definition) is 2. The van der Waals surface area contributed by atoms with Crippen LogP contribution < -0.4 is 10.6 Å². The van der Waals surface area contributed by atoms with Crippen molar-refractivity contribution in [3.05, 3.63) is 77.1 Å². The summed E-state index contributed by atoms with van der Waals surface area (Å²) in [6.45, 7) is 6.55. The Hall–Kier alpha value is -3.61. The number of hydrogen-bond acceptors (Lipinski definition) is 4. The molecule has 150 valence electrons. The number of amides is 2. The molecule has 0 aliphatic carbocycles. The number of anilines is 1. The number of aryl methyl sites for hydroxylation is 2. The molecule has 1 aromatic heterocycles. The summed E-state index contributed by atoms with van der Waals surface area (Å²) in [5, 5.41) is 9.91. The Morgan fingerprint density at radius 3 is 2.69 bits per heavy atom. The van der Waals surface area contributed by atoms with Crippen molar-refractivity contribution in [1.82, 2.24) is 15.1 Å². The Morgan fingerprint density at radius 2 is 1.93 bits per heavy atom. The Kier molecular flexibility index (Phi) is 6.29. The molecule has 7 nitrogen and oxygen atoms in total. The first-order valence-corrected chi connectivity index (χ1v) is 9.40. The lowest BCUT2D eigenvalue weighted by molar-refractivity contribution is 0.0519. The van der Waals surface area contributed by atoms with E-state index >= 15 is 0 Å². The lowest BCUT2D eigenvalue weighted by atomic mass is 10.1. The van der Waals surface area contributed by atoms with Crippen molar-refractivity contribution >= 4 is 17.7 Å². The van der Waals surface area contributed by atoms with Crippen molar-refractivity contribution in [2.24, 2.45) is 0 Å². The van der Waals surface area contributed by atoms with Crippen molar-refractivity contribution in [2.75, 3.05) is 11.9 Å². The predicted molar refractivity (Wildman–Crippen MR) is 111 cm³/mol. The van der Waals surface area contributed by atoms with Gasteiger partial charge in [-0.3, -0.25) is 0 Å². The average Bonchev–Trinajstić information content (AvgIpc) is 3.18. The highest BCUT2D eigenvalue weighted by atomic mass is 16.5. The molecule has 0 fully saturated rings. The number of urea groups is 1. The van der Waals surface area contributed by atoms with Crippen molar-refractivity contribution in [2.45, 2.75) is 27.3 Å². The minimum absolute atomic E-state index is 0.233. The summed E-state index contributed by atoms with van der Waals surface area (Å²) in [4.78, 5) is 24.0. The largest absolute Gasteiger partial charge is 0.461 e. The van der Waals surface area contributed by atoms with E-state index in [-0.39, 0.29) is 11.7 Å². The minimum atomic E-state index is -0.466. The van der Waals surface area contributed by atoms with Gasteiger partial charge >= 0.3 is 12.0 Å². The fourth-order valence-corrected chi connectivity index (χ4v) is 2.90. The molecule has 0 radical (unpaired) electrons. The zero-order chi connectivity index (χ0) is 20.8. The van der Waals surface area contributed by atoms with Gasteiger partial charge in [-0.15, -0.1) is 0 Å². The SMILES string of the molecule is CCOC(=O)c1ccn(-c2cccc(NC(=O)NCc3ccc(C)cc3C)c2)n1. The summed E-state index contributed by atoms with van der Waals surface area (Å²) in [6, 6.07) is 14.6. The van der Waals surface area contributed by atoms with Crippen LogP contribution in [-0.2, 0) is 11.3 Å². The smallest absolute Gasteiger partial charge is 0.358 e. The predicted octanol–water partition coefficient (Wildman–Crippen LogP) is 3.99. The average molecular weight is 392 g/mol. The van der Waals surface area contributed by atoms with Crippen LogP contribution in [0, 0.1) is 13.8 Å². The van der Waals surface area contributed by atoms with E-state index in [1.807, 2.05) is 32.0 Å². The maximum absolute atomic E-state index is 12.3. The molecule has 0 bridgehead atoms. The molecule has 0 saturated heterocycles. The van der Waals surface area contributed by atoms with Crippen LogP contribution in [-0.4, -0.2) is 28.4 Å². The zero-order valence-electron chi connectivity index (χ0n) is 16.7. The number of benzene rings is 2. The van der Waals surface area contributed by atoms with E-state index in [0.717, 1.165) is 11.1 Å². The minimum Gasteiger partial charge on any atom is -0.461 e. The Balaban J connectivity index is 1.63. The third kappa shape index (κ3) is 5.22. The second kappa shape index (κ2) is 9.05. The summed E-state index contributed by atoms with van der Waals surface area (Å²) in [7, 11) is 0. The standard InChI is InChI=1S/C22H24N4O3/c1-4-29-21(27)20-10-11-26(25-20)19-7-5-6-18(13-19)24-22(28)23-14-17-9-8-15(2)12-16(17)3/h5-13H,4,14H2,1-3H3,(H2,23,24,28). The summed E-state index contributed by atoms with van der Waals surface area (Å²) >= 11 is 0. The summed E-state index contributed by atoms with van der Waals surface area (Å²) in [5.41, 5.74) is 4.97. The van der Waals surface area contributed by atoms with E-state index in [4.69, 9.17) is 4.74 Å². The Morgan fingerprint density at radius 1 is 1.10 bits per heavy atom. The molecule has 0 aliphatic rings. The van der Waals surface area contributed by atoms with Gasteiger partial charge in [0.25, 0.3) is 0 Å². The van der Waals surface area contributed by atoms with Gasteiger partial charge in [-0.2, -0.15) is 5.10 Å². The molecule has 2 aromatic carbocycles. The third-order valence-electron chi connectivity index (χ3n) is 4.38. The van der Waals surface area contributed by atoms with Crippen molar-refractivity contribution in [3.8, 4) is 5.69 Å². The van der Waals surface area contributed by atoms with E-state index in [9.17, 15) is 9.59 Å². The molecule has 0 saturated carbocycles. The van der Waals surface area contributed by atoms with E-state index in [1.165, 1.54) is 5.56 Å². The molecule has 2 amide bonds. The summed E-state index contributed by atoms with van der Waals surface area (Å²) in [6.07, 6.45) is 1.67. The van der Waals surface area contributed by atoms with Crippen LogP contribution in [0.25, 0.3) is 5.69 Å². The second-order valence-electron chi connectivity index (χ2n) is 6.65. The molecule has 0 unspecified atom stereocenters. The van der Waals surface area contributed by atoms with Crippen LogP contribution in [0.3, 0.4) is 0 Å². The number of carbonyl (C=O) groups excluding carboxylic acids is 2. The monoisotopic (exact) mass is 392 g/mol. The van der Waals surface area contributed by atoms with Gasteiger partial charge in [0.2, 0.25) is 0 Å². The highest BCUT2D eigenvalue weighted by Crippen LogP contribution is 2.15. The van der Waals surface area contributed by atoms with Gasteiger partial charge in [0.05, 0.1) is 12.3 Å². The number of carbonyl (C=O) groups is 2. The maximum atomic E-state index is 12.3. The van der Waals surface area contributed by atoms with Gasteiger partial charge < -0.3 is 15.4 Å². The lowest BCUT2D eigenvalue weighted by Crippen LogP contribution is -2.28. The van der Waals surface area contributed by atoms with Gasteiger partial charge in [-0.25, -0.2) is 14.3 Å². The first-order chi connectivity index (χ1) is 14.0. The number of nitrogens with one attached hydrogen (secondary N) is 2. The van der Waals surface area contributed by atoms with Crippen molar-refractivity contribution in [1.29, 1.82) is 0 Å². The fourth-order valence-electron chi connectivity index (χ4n) is 2.90. The van der Waals surface area contributed by atoms with Crippen LogP contribution in [0.1, 0.15) is 34.1 Å². The van der Waals surface area contributed by atoms with Crippen LogP contribution in [0.15, 0.2) is 54.7 Å². The number of ether oxygens (including phenoxy) is 1. The molecule has 7 heteroatoms. The fraction of sp³-hybridized carbons (Fsp3) is 0.227. The van der Waals surface area contributed by atoms with Gasteiger partial charge in [0, 0.05) is 18.4 Å². The van der Waals surface area contributed by atoms with Crippen molar-refractivity contribution < 1.29 is 14.3 Å². The van der Waals surface area contributed by atoms with E-state index in [1.54, 1.807) is 42.1 Å². The van der Waals surface area contributed by atoms with Gasteiger partial charge in [0.15, 0.2) is 5.69 Å². The summed E-state index contributed by atoms with van der Waals surface area (Å²) < 4.78 is 6.51. The Labute approximate surface area is 169 Å². The number of nitrogens with zero attached hydrogens (tertiary/aromatic N) is 2. The molecule has 0 atom stereocenters. The molecule has 3 aromatic rings. The second-order valence-corrected chi connectivity index (χ2v) is 6.65. The summed E-state index contributed by atoms with van der Waals surface area (Å²) in [5.74, 6) is -0.466. The first kappa shape index (κ1) is 20.1. The highest BCUT2D eigenvalue weighted by Gasteiger charge is 2.11. The number of aromatic nitrogens is 2. The molecule has 0 aliphatic heterocycles. The number of rotatable bonds is 6. The van der Waals surface area contributed by atoms with Crippen LogP contribution in [0.5, 0.6) is 0 Å². The molecule has 29 heavy (non-hydrogen) atoms. The van der Waals surface area contributed by atoms with Crippen LogP contribution in [0.4, 0.5) is 10.5 Å². The van der Waals surface area contributed by atoms with Gasteiger partial charge in [-0.1, -0.05) is 29.8 Å². The van der Waals surface area contributed by atoms with Gasteiger partial charge in [-0.05, 0) is 56.2 Å². The molecule has 2 N–H and O–H groups in total. The zero-order valence-corrected chi connectivity index (χ0v) is 16.7. The number of esters is 1. The van der Waals surface area contributed by atoms with Crippen LogP contribution in [0.2, 0.25) is 0 Å². The Bertz CT molecular complexity index is 1030. The first-order valence-electron chi connectivity index (χ1n) is 9.40. The molecular weight excluding hydrogens is 368 g/mol. The maximum Gasteiger partial charge on any atom is 0.358 e. The van der Waals surface area contributed by atoms with E-state index < -0.39 is 5.97 Å². The molecule has 1 heterocycles. The topological polar surface area (TPSA) is 85.2 Å². The van der Waals surface area contributed by atoms with E-state index in [2.05, 4.69) is 21.8 Å². The van der Waals surface area contributed by atoms with Gasteiger partial charge in [0.1, 0.15) is 0 Å². The quantitative estimate of drug-likeness (QED) is 0.621. The normalized spacial score (nSPS) is 10.4. The molecular formula is C22H24N4O3. The van der Waals surface area contributed by atoms with Crippen LogP contribution >= 0.6 is 0 Å². The molecule has 0 spiro atoms.